The molecule has 2 bridgehead atoms. The molecule has 2 aliphatic heterocycles. The predicted octanol–water partition coefficient (Wildman–Crippen LogP) is 3.66. The topological polar surface area (TPSA) is 58.4 Å². The van der Waals surface area contributed by atoms with Crippen molar-refractivity contribution in [2.24, 2.45) is 0 Å². The lowest BCUT2D eigenvalue weighted by molar-refractivity contribution is -0.121. The van der Waals surface area contributed by atoms with Gasteiger partial charge in [0.05, 0.1) is 0 Å². The van der Waals surface area contributed by atoms with Crippen LogP contribution in [0.5, 0.6) is 0 Å². The van der Waals surface area contributed by atoms with Gasteiger partial charge in [-0.15, -0.1) is 0 Å². The summed E-state index contributed by atoms with van der Waals surface area (Å²) in [6.45, 7) is 2.60. The molecule has 3 fully saturated rings. The van der Waals surface area contributed by atoms with Crippen LogP contribution in [0.2, 0.25) is 0 Å². The summed E-state index contributed by atoms with van der Waals surface area (Å²) in [6, 6.07) is 18.2. The highest BCUT2D eigenvalue weighted by Crippen LogP contribution is 2.39. The maximum absolute atomic E-state index is 11.3. The summed E-state index contributed by atoms with van der Waals surface area (Å²) < 4.78 is 5.83. The van der Waals surface area contributed by atoms with Crippen molar-refractivity contribution in [3.8, 4) is 0 Å². The average Bonchev–Trinajstić information content (AvgIpc) is 3.09. The Labute approximate surface area is 164 Å². The molecular weight excluding hydrogens is 350 g/mol. The molecule has 1 aliphatic carbocycles. The number of nitrogens with one attached hydrogen (secondary N) is 1. The van der Waals surface area contributed by atoms with Crippen molar-refractivity contribution in [2.75, 3.05) is 0 Å². The summed E-state index contributed by atoms with van der Waals surface area (Å²) in [5, 5.41) is 3.09. The van der Waals surface area contributed by atoms with Crippen molar-refractivity contribution in [1.82, 2.24) is 15.2 Å². The number of amides is 1. The van der Waals surface area contributed by atoms with Gasteiger partial charge in [0.25, 0.3) is 0 Å². The molecule has 0 radical (unpaired) electrons. The van der Waals surface area contributed by atoms with E-state index in [-0.39, 0.29) is 5.91 Å². The van der Waals surface area contributed by atoms with E-state index in [9.17, 15) is 4.79 Å². The number of carbonyl (C=O) groups is 1. The first-order chi connectivity index (χ1) is 13.6. The first-order valence-electron chi connectivity index (χ1n) is 10.1. The van der Waals surface area contributed by atoms with Crippen molar-refractivity contribution in [1.29, 1.82) is 0 Å². The Balaban J connectivity index is 1.20. The number of hydrogen-bond donors (Lipinski definition) is 1. The second-order valence-corrected chi connectivity index (χ2v) is 8.15. The van der Waals surface area contributed by atoms with Crippen LogP contribution in [0.25, 0.3) is 11.1 Å². The number of oxazole rings is 1. The number of benzene rings is 2. The third-order valence-electron chi connectivity index (χ3n) is 6.08. The van der Waals surface area contributed by atoms with E-state index in [0.717, 1.165) is 36.4 Å². The molecule has 5 nitrogen and oxygen atoms in total. The highest BCUT2D eigenvalue weighted by Gasteiger charge is 2.45. The number of rotatable bonds is 5. The van der Waals surface area contributed by atoms with E-state index in [1.54, 1.807) is 6.92 Å². The monoisotopic (exact) mass is 375 g/mol. The van der Waals surface area contributed by atoms with Crippen molar-refractivity contribution in [2.45, 2.75) is 57.3 Å². The molecule has 3 heterocycles. The Kier molecular flexibility index (Phi) is 4.40. The molecule has 1 aromatic heterocycles. The van der Waals surface area contributed by atoms with Crippen molar-refractivity contribution in [3.05, 3.63) is 65.5 Å². The summed E-state index contributed by atoms with van der Waals surface area (Å²) in [5.74, 6) is 0.850. The third kappa shape index (κ3) is 3.42. The Morgan fingerprint density at radius 2 is 1.79 bits per heavy atom. The molecule has 1 unspecified atom stereocenters. The predicted molar refractivity (Wildman–Crippen MR) is 108 cm³/mol. The maximum atomic E-state index is 11.3. The molecule has 2 aromatic carbocycles. The Bertz CT molecular complexity index is 950. The van der Waals surface area contributed by atoms with Crippen molar-refractivity contribution < 1.29 is 9.21 Å². The molecule has 5 heteroatoms. The van der Waals surface area contributed by atoms with Gasteiger partial charge in [-0.2, -0.15) is 0 Å². The van der Waals surface area contributed by atoms with Crippen LogP contribution in [0.15, 0.2) is 52.9 Å². The van der Waals surface area contributed by atoms with E-state index >= 15 is 0 Å². The fraction of sp³-hybridized carbons (Fsp3) is 0.391. The van der Waals surface area contributed by atoms with E-state index in [2.05, 4.69) is 39.5 Å². The number of piperidine rings is 1. The Morgan fingerprint density at radius 1 is 1.07 bits per heavy atom. The minimum atomic E-state index is 0.0902. The molecule has 144 valence electrons. The van der Waals surface area contributed by atoms with Crippen LogP contribution in [0.3, 0.4) is 0 Å². The minimum Gasteiger partial charge on any atom is -0.440 e. The van der Waals surface area contributed by atoms with Crippen LogP contribution in [0.1, 0.15) is 43.2 Å². The molecule has 1 saturated carbocycles. The molecule has 28 heavy (non-hydrogen) atoms. The molecule has 3 atom stereocenters. The summed E-state index contributed by atoms with van der Waals surface area (Å²) >= 11 is 0. The maximum Gasteiger partial charge on any atom is 0.217 e. The van der Waals surface area contributed by atoms with Crippen molar-refractivity contribution in [3.63, 3.8) is 0 Å². The lowest BCUT2D eigenvalue weighted by Crippen LogP contribution is -2.63. The number of para-hydroxylation sites is 2. The van der Waals surface area contributed by atoms with Crippen LogP contribution in [-0.4, -0.2) is 33.9 Å². The van der Waals surface area contributed by atoms with Gasteiger partial charge in [0, 0.05) is 38.0 Å². The van der Waals surface area contributed by atoms with E-state index < -0.39 is 0 Å². The Hall–Kier alpha value is -2.66. The van der Waals surface area contributed by atoms with E-state index in [4.69, 9.17) is 4.42 Å². The zero-order chi connectivity index (χ0) is 19.1. The van der Waals surface area contributed by atoms with Gasteiger partial charge in [0.1, 0.15) is 5.52 Å². The van der Waals surface area contributed by atoms with Gasteiger partial charge in [0.2, 0.25) is 5.91 Å². The van der Waals surface area contributed by atoms with Crippen LogP contribution >= 0.6 is 0 Å². The highest BCUT2D eigenvalue weighted by atomic mass is 16.3. The molecule has 1 amide bonds. The largest absolute Gasteiger partial charge is 0.440 e. The Morgan fingerprint density at radius 3 is 2.50 bits per heavy atom. The van der Waals surface area contributed by atoms with E-state index in [1.807, 2.05) is 24.3 Å². The summed E-state index contributed by atoms with van der Waals surface area (Å²) in [6.07, 6.45) is 4.13. The van der Waals surface area contributed by atoms with Gasteiger partial charge in [-0.1, -0.05) is 36.4 Å². The molecule has 0 spiro atoms. The average molecular weight is 375 g/mol. The molecule has 3 aliphatic rings. The standard InChI is InChI=1S/C23H25N3O2/c1-15(27)24-18-11-19-13-20(12-18)26(19)14-17-8-6-16(7-9-17)10-23-25-21-4-2-3-5-22(21)28-23/h2-9,18-20H,10-14H2,1H3,(H,24,27)/t18-,19-,20?/m1/s1. The number of hydrogen-bond acceptors (Lipinski definition) is 4. The summed E-state index contributed by atoms with van der Waals surface area (Å²) in [4.78, 5) is 18.4. The first kappa shape index (κ1) is 17.4. The summed E-state index contributed by atoms with van der Waals surface area (Å²) in [5.41, 5.74) is 4.31. The fourth-order valence-corrected chi connectivity index (χ4v) is 4.77. The second kappa shape index (κ2) is 7.06. The van der Waals surface area contributed by atoms with Gasteiger partial charge in [-0.05, 0) is 42.5 Å². The van der Waals surface area contributed by atoms with Crippen LogP contribution in [0.4, 0.5) is 0 Å². The van der Waals surface area contributed by atoms with E-state index in [1.165, 1.54) is 17.5 Å². The fourth-order valence-electron chi connectivity index (χ4n) is 4.77. The molecule has 3 aromatic rings. The molecule has 1 N–H and O–H groups in total. The molecular formula is C23H25N3O2. The zero-order valence-electron chi connectivity index (χ0n) is 16.1. The van der Waals surface area contributed by atoms with Crippen LogP contribution in [0, 0.1) is 0 Å². The smallest absolute Gasteiger partial charge is 0.217 e. The molecule has 6 rings (SSSR count). The number of carbonyl (C=O) groups excluding carboxylic acids is 1. The number of nitrogens with zero attached hydrogens (tertiary/aromatic N) is 2. The molecule has 2 saturated heterocycles. The zero-order valence-corrected chi connectivity index (χ0v) is 16.1. The first-order valence-corrected chi connectivity index (χ1v) is 10.1. The highest BCUT2D eigenvalue weighted by molar-refractivity contribution is 5.73. The van der Waals surface area contributed by atoms with Crippen LogP contribution < -0.4 is 5.32 Å². The lowest BCUT2D eigenvalue weighted by atomic mass is 9.76. The summed E-state index contributed by atoms with van der Waals surface area (Å²) in [7, 11) is 0. The lowest BCUT2D eigenvalue weighted by Gasteiger charge is -2.55. The number of aromatic nitrogens is 1. The van der Waals surface area contributed by atoms with Gasteiger partial charge in [-0.3, -0.25) is 9.69 Å². The van der Waals surface area contributed by atoms with Gasteiger partial charge < -0.3 is 9.73 Å². The van der Waals surface area contributed by atoms with Gasteiger partial charge in [-0.25, -0.2) is 4.98 Å². The van der Waals surface area contributed by atoms with E-state index in [0.29, 0.717) is 24.5 Å². The van der Waals surface area contributed by atoms with Crippen LogP contribution in [-0.2, 0) is 17.8 Å². The van der Waals surface area contributed by atoms with Gasteiger partial charge >= 0.3 is 0 Å². The minimum absolute atomic E-state index is 0.0902. The second-order valence-electron chi connectivity index (χ2n) is 8.15. The quantitative estimate of drug-likeness (QED) is 0.739. The number of fused-ring (bicyclic) bond motifs is 3. The SMILES string of the molecule is CC(=O)N[C@H]1CC2C[C@@H](C1)N2Cc1ccc(Cc2nc3ccccc3o2)cc1. The van der Waals surface area contributed by atoms with Crippen molar-refractivity contribution >= 4 is 17.0 Å². The third-order valence-corrected chi connectivity index (χ3v) is 6.08. The normalized spacial score (nSPS) is 24.1. The van der Waals surface area contributed by atoms with Gasteiger partial charge in [0.15, 0.2) is 11.5 Å².